The average Bonchev–Trinajstić information content (AvgIpc) is 3.14. The highest BCUT2D eigenvalue weighted by molar-refractivity contribution is 5.93. The van der Waals surface area contributed by atoms with Crippen LogP contribution < -0.4 is 23.8 Å². The molecular weight excluding hydrogens is 596 g/mol. The maximum atomic E-state index is 5.86. The quantitative estimate of drug-likeness (QED) is 0.133. The molecule has 0 fully saturated rings. The molecule has 0 N–H and O–H groups in total. The molecule has 0 radical (unpaired) electrons. The Balaban J connectivity index is 1.58. The molecule has 0 aliphatic heterocycles. The summed E-state index contributed by atoms with van der Waals surface area (Å²) >= 11 is 0. The number of aromatic nitrogens is 1. The van der Waals surface area contributed by atoms with Gasteiger partial charge in [0.2, 0.25) is 0 Å². The van der Waals surface area contributed by atoms with Gasteiger partial charge in [-0.2, -0.15) is 0 Å². The van der Waals surface area contributed by atoms with Crippen molar-refractivity contribution in [1.29, 1.82) is 0 Å². The molecule has 0 saturated carbocycles. The summed E-state index contributed by atoms with van der Waals surface area (Å²) in [6, 6.07) is 38.3. The summed E-state index contributed by atoms with van der Waals surface area (Å²) in [5, 5.41) is 0.953. The second-order valence-electron chi connectivity index (χ2n) is 11.9. The van der Waals surface area contributed by atoms with Crippen LogP contribution in [0.15, 0.2) is 109 Å². The van der Waals surface area contributed by atoms with E-state index in [0.29, 0.717) is 29.4 Å². The van der Waals surface area contributed by atoms with Crippen molar-refractivity contribution in [2.24, 2.45) is 0 Å². The summed E-state index contributed by atoms with van der Waals surface area (Å²) in [6.45, 7) is 3.03. The number of rotatable bonds is 12. The molecular formula is C42H42N2O4. The summed E-state index contributed by atoms with van der Waals surface area (Å²) in [6.07, 6.45) is 1.64. The van der Waals surface area contributed by atoms with E-state index in [1.807, 2.05) is 12.1 Å². The minimum absolute atomic E-state index is 0.647. The highest BCUT2D eigenvalue weighted by atomic mass is 16.5. The van der Waals surface area contributed by atoms with Gasteiger partial charge in [0.1, 0.15) is 5.82 Å². The third-order valence-electron chi connectivity index (χ3n) is 8.72. The fourth-order valence-corrected chi connectivity index (χ4v) is 6.35. The Morgan fingerprint density at radius 3 is 1.67 bits per heavy atom. The van der Waals surface area contributed by atoms with E-state index < -0.39 is 0 Å². The number of benzene rings is 5. The Morgan fingerprint density at radius 1 is 0.562 bits per heavy atom. The molecule has 0 bridgehead atoms. The highest BCUT2D eigenvalue weighted by Crippen LogP contribution is 2.43. The lowest BCUT2D eigenvalue weighted by Gasteiger charge is -2.24. The second kappa shape index (κ2) is 14.5. The van der Waals surface area contributed by atoms with Gasteiger partial charge in [-0.3, -0.25) is 0 Å². The molecule has 1 heterocycles. The van der Waals surface area contributed by atoms with Crippen LogP contribution in [0.25, 0.3) is 44.3 Å². The summed E-state index contributed by atoms with van der Waals surface area (Å²) in [4.78, 5) is 7.44. The zero-order valence-electron chi connectivity index (χ0n) is 28.5. The van der Waals surface area contributed by atoms with E-state index in [4.69, 9.17) is 23.9 Å². The van der Waals surface area contributed by atoms with Gasteiger partial charge >= 0.3 is 0 Å². The number of nitrogens with zero attached hydrogens (tertiary/aromatic N) is 2. The van der Waals surface area contributed by atoms with E-state index in [1.54, 1.807) is 28.4 Å². The van der Waals surface area contributed by atoms with Gasteiger partial charge in [-0.1, -0.05) is 79.7 Å². The van der Waals surface area contributed by atoms with Crippen LogP contribution in [0.5, 0.6) is 23.0 Å². The standard InChI is InChI=1S/C42H42N2O4/c1-7-18-44(2)42-36(23-34-25-39(46-4)41(48-6)27-37(34)43-42)35-26-40(47-5)38(45-3)24-33(35)21-28-19-31(29-14-10-8-11-15-29)22-32(20-28)30-16-12-9-13-17-30/h8-17,19-20,22-27H,7,18,21H2,1-6H3. The third kappa shape index (κ3) is 6.65. The lowest BCUT2D eigenvalue weighted by Crippen LogP contribution is -2.20. The fourth-order valence-electron chi connectivity index (χ4n) is 6.35. The monoisotopic (exact) mass is 638 g/mol. The second-order valence-corrected chi connectivity index (χ2v) is 11.9. The van der Waals surface area contributed by atoms with Crippen molar-refractivity contribution in [1.82, 2.24) is 4.98 Å². The minimum atomic E-state index is 0.647. The molecule has 6 heteroatoms. The van der Waals surface area contributed by atoms with Gasteiger partial charge in [-0.05, 0) is 82.1 Å². The van der Waals surface area contributed by atoms with Crippen molar-refractivity contribution in [3.8, 4) is 56.4 Å². The Hall–Kier alpha value is -5.49. The molecule has 6 aromatic rings. The van der Waals surface area contributed by atoms with Gasteiger partial charge in [0, 0.05) is 30.6 Å². The van der Waals surface area contributed by atoms with Crippen LogP contribution in [-0.4, -0.2) is 47.0 Å². The Bertz CT molecular complexity index is 1970. The lowest BCUT2D eigenvalue weighted by molar-refractivity contribution is 0.355. The molecule has 6 rings (SSSR count). The summed E-state index contributed by atoms with van der Waals surface area (Å²) in [7, 11) is 8.76. The van der Waals surface area contributed by atoms with Gasteiger partial charge in [0.25, 0.3) is 0 Å². The largest absolute Gasteiger partial charge is 0.493 e. The normalized spacial score (nSPS) is 11.0. The van der Waals surface area contributed by atoms with Crippen molar-refractivity contribution in [2.75, 3.05) is 46.9 Å². The van der Waals surface area contributed by atoms with Gasteiger partial charge in [0.05, 0.1) is 34.0 Å². The van der Waals surface area contributed by atoms with Crippen molar-refractivity contribution < 1.29 is 18.9 Å². The maximum Gasteiger partial charge on any atom is 0.162 e. The molecule has 6 nitrogen and oxygen atoms in total. The molecule has 0 atom stereocenters. The number of ether oxygens (including phenoxy) is 4. The number of fused-ring (bicyclic) bond motifs is 1. The maximum absolute atomic E-state index is 5.86. The Morgan fingerprint density at radius 2 is 1.10 bits per heavy atom. The van der Waals surface area contributed by atoms with Crippen molar-refractivity contribution >= 4 is 16.7 Å². The van der Waals surface area contributed by atoms with Crippen LogP contribution in [0.2, 0.25) is 0 Å². The molecule has 0 unspecified atom stereocenters. The molecule has 48 heavy (non-hydrogen) atoms. The first kappa shape index (κ1) is 32.5. The number of methoxy groups -OCH3 is 4. The van der Waals surface area contributed by atoms with Crippen molar-refractivity contribution in [2.45, 2.75) is 19.8 Å². The summed E-state index contributed by atoms with van der Waals surface area (Å²) in [5.74, 6) is 3.53. The average molecular weight is 639 g/mol. The lowest BCUT2D eigenvalue weighted by atomic mass is 9.90. The first-order chi connectivity index (χ1) is 23.5. The minimum Gasteiger partial charge on any atom is -0.493 e. The molecule has 0 aliphatic carbocycles. The summed E-state index contributed by atoms with van der Waals surface area (Å²) < 4.78 is 23.0. The van der Waals surface area contributed by atoms with Gasteiger partial charge in [-0.15, -0.1) is 0 Å². The Kier molecular flexibility index (Phi) is 9.81. The number of hydrogen-bond acceptors (Lipinski definition) is 6. The smallest absolute Gasteiger partial charge is 0.162 e. The Labute approximate surface area is 283 Å². The zero-order valence-corrected chi connectivity index (χ0v) is 28.5. The van der Waals surface area contributed by atoms with Gasteiger partial charge < -0.3 is 23.8 Å². The van der Waals surface area contributed by atoms with Gasteiger partial charge in [-0.25, -0.2) is 4.98 Å². The van der Waals surface area contributed by atoms with Gasteiger partial charge in [0.15, 0.2) is 23.0 Å². The van der Waals surface area contributed by atoms with E-state index in [1.165, 1.54) is 27.8 Å². The molecule has 1 aromatic heterocycles. The number of hydrogen-bond donors (Lipinski definition) is 0. The van der Waals surface area contributed by atoms with E-state index in [9.17, 15) is 0 Å². The van der Waals surface area contributed by atoms with E-state index in [-0.39, 0.29) is 0 Å². The topological polar surface area (TPSA) is 53.1 Å². The van der Waals surface area contributed by atoms with Crippen LogP contribution in [0, 0.1) is 0 Å². The number of anilines is 1. The van der Waals surface area contributed by atoms with Crippen LogP contribution >= 0.6 is 0 Å². The molecule has 244 valence electrons. The molecule has 0 spiro atoms. The zero-order chi connectivity index (χ0) is 33.6. The number of pyridine rings is 1. The molecule has 0 saturated heterocycles. The highest BCUT2D eigenvalue weighted by Gasteiger charge is 2.21. The predicted molar refractivity (Wildman–Crippen MR) is 197 cm³/mol. The fraction of sp³-hybridized carbons (Fsp3) is 0.214. The van der Waals surface area contributed by atoms with E-state index in [2.05, 4.69) is 116 Å². The molecule has 0 amide bonds. The predicted octanol–water partition coefficient (Wildman–Crippen LogP) is 9.71. The molecule has 0 aliphatic rings. The molecule has 5 aromatic carbocycles. The van der Waals surface area contributed by atoms with Crippen molar-refractivity contribution in [3.05, 3.63) is 120 Å². The summed E-state index contributed by atoms with van der Waals surface area (Å²) in [5.41, 5.74) is 9.85. The van der Waals surface area contributed by atoms with E-state index >= 15 is 0 Å². The first-order valence-corrected chi connectivity index (χ1v) is 16.2. The third-order valence-corrected chi connectivity index (χ3v) is 8.72. The first-order valence-electron chi connectivity index (χ1n) is 16.2. The van der Waals surface area contributed by atoms with Crippen LogP contribution in [0.4, 0.5) is 5.82 Å². The van der Waals surface area contributed by atoms with Crippen LogP contribution in [0.1, 0.15) is 24.5 Å². The van der Waals surface area contributed by atoms with Crippen LogP contribution in [0.3, 0.4) is 0 Å². The SMILES string of the molecule is CCCN(C)c1nc2cc(OC)c(OC)cc2cc1-c1cc(OC)c(OC)cc1Cc1cc(-c2ccccc2)cc(-c2ccccc2)c1. The van der Waals surface area contributed by atoms with Crippen LogP contribution in [-0.2, 0) is 6.42 Å². The van der Waals surface area contributed by atoms with Crippen molar-refractivity contribution in [3.63, 3.8) is 0 Å². The van der Waals surface area contributed by atoms with E-state index in [0.717, 1.165) is 46.4 Å².